The van der Waals surface area contributed by atoms with Crippen LogP contribution in [0.2, 0.25) is 0 Å². The second-order valence-corrected chi connectivity index (χ2v) is 8.34. The number of hydrogen-bond donors (Lipinski definition) is 2. The Kier molecular flexibility index (Phi) is 3.47. The Morgan fingerprint density at radius 2 is 2.05 bits per heavy atom. The minimum atomic E-state index is -0.156. The summed E-state index contributed by atoms with van der Waals surface area (Å²) in [6, 6.07) is 8.40. The van der Waals surface area contributed by atoms with E-state index in [1.165, 1.54) is 33.1 Å². The standard InChI is InChI=1S/C15H13BrN2OS2/c16-14(13-6-9-7-20-4-3-12(9)21-13)8-1-2-10-11(5-8)18-15(19)17-10/h1-2,5-6,14H,3-4,7H2,(H2,17,18,19). The third-order valence-corrected chi connectivity index (χ3v) is 7.36. The van der Waals surface area contributed by atoms with Crippen molar-refractivity contribution in [2.75, 3.05) is 5.75 Å². The summed E-state index contributed by atoms with van der Waals surface area (Å²) >= 11 is 7.73. The average molecular weight is 381 g/mol. The van der Waals surface area contributed by atoms with E-state index in [0.717, 1.165) is 16.8 Å². The normalized spacial score (nSPS) is 16.0. The van der Waals surface area contributed by atoms with Crippen LogP contribution in [-0.2, 0) is 12.2 Å². The van der Waals surface area contributed by atoms with E-state index in [4.69, 9.17) is 0 Å². The highest BCUT2D eigenvalue weighted by atomic mass is 79.9. The van der Waals surface area contributed by atoms with Gasteiger partial charge in [-0.15, -0.1) is 11.3 Å². The Hall–Kier alpha value is -0.980. The molecular weight excluding hydrogens is 368 g/mol. The molecule has 2 aromatic heterocycles. The lowest BCUT2D eigenvalue weighted by Gasteiger charge is -2.08. The van der Waals surface area contributed by atoms with Crippen molar-refractivity contribution in [1.29, 1.82) is 0 Å². The smallest absolute Gasteiger partial charge is 0.306 e. The minimum Gasteiger partial charge on any atom is -0.306 e. The van der Waals surface area contributed by atoms with Gasteiger partial charge < -0.3 is 9.97 Å². The van der Waals surface area contributed by atoms with Crippen LogP contribution in [0.3, 0.4) is 0 Å². The Morgan fingerprint density at radius 1 is 1.19 bits per heavy atom. The highest BCUT2D eigenvalue weighted by Gasteiger charge is 2.19. The number of halogens is 1. The van der Waals surface area contributed by atoms with Gasteiger partial charge in [0.1, 0.15) is 0 Å². The largest absolute Gasteiger partial charge is 0.323 e. The number of aromatic nitrogens is 2. The molecule has 1 unspecified atom stereocenters. The molecule has 21 heavy (non-hydrogen) atoms. The van der Waals surface area contributed by atoms with Crippen LogP contribution in [0.4, 0.5) is 0 Å². The van der Waals surface area contributed by atoms with Gasteiger partial charge in [-0.1, -0.05) is 22.0 Å². The van der Waals surface area contributed by atoms with Gasteiger partial charge >= 0.3 is 5.69 Å². The number of alkyl halides is 1. The molecule has 3 aromatic rings. The molecule has 1 aliphatic heterocycles. The number of hydrogen-bond acceptors (Lipinski definition) is 3. The molecule has 1 atom stereocenters. The van der Waals surface area contributed by atoms with E-state index in [0.29, 0.717) is 0 Å². The van der Waals surface area contributed by atoms with Gasteiger partial charge in [-0.25, -0.2) is 4.79 Å². The van der Waals surface area contributed by atoms with Gasteiger partial charge in [0.15, 0.2) is 0 Å². The highest BCUT2D eigenvalue weighted by molar-refractivity contribution is 9.09. The lowest BCUT2D eigenvalue weighted by atomic mass is 10.1. The fourth-order valence-electron chi connectivity index (χ4n) is 2.67. The first-order valence-corrected chi connectivity index (χ1v) is 9.64. The van der Waals surface area contributed by atoms with Gasteiger partial charge in [-0.3, -0.25) is 0 Å². The number of fused-ring (bicyclic) bond motifs is 2. The fraction of sp³-hybridized carbons (Fsp3) is 0.267. The first kappa shape index (κ1) is 13.7. The highest BCUT2D eigenvalue weighted by Crippen LogP contribution is 2.40. The van der Waals surface area contributed by atoms with Crippen LogP contribution in [0.15, 0.2) is 29.1 Å². The van der Waals surface area contributed by atoms with Crippen molar-refractivity contribution in [3.8, 4) is 0 Å². The summed E-state index contributed by atoms with van der Waals surface area (Å²) in [5, 5.41) is 0. The van der Waals surface area contributed by atoms with Gasteiger partial charge in [-0.05, 0) is 41.5 Å². The predicted molar refractivity (Wildman–Crippen MR) is 93.9 cm³/mol. The van der Waals surface area contributed by atoms with Crippen molar-refractivity contribution >= 4 is 50.1 Å². The molecule has 0 bridgehead atoms. The molecular formula is C15H13BrN2OS2. The lowest BCUT2D eigenvalue weighted by Crippen LogP contribution is -1.99. The molecule has 0 fully saturated rings. The third-order valence-electron chi connectivity index (χ3n) is 3.73. The van der Waals surface area contributed by atoms with E-state index in [1.807, 2.05) is 35.2 Å². The summed E-state index contributed by atoms with van der Waals surface area (Å²) in [7, 11) is 0. The number of benzene rings is 1. The van der Waals surface area contributed by atoms with Crippen molar-refractivity contribution in [1.82, 2.24) is 9.97 Å². The second-order valence-electron chi connectivity index (χ2n) is 5.15. The maximum Gasteiger partial charge on any atom is 0.323 e. The zero-order valence-electron chi connectivity index (χ0n) is 11.1. The first-order chi connectivity index (χ1) is 10.2. The molecule has 6 heteroatoms. The van der Waals surface area contributed by atoms with E-state index < -0.39 is 0 Å². The minimum absolute atomic E-state index is 0.156. The van der Waals surface area contributed by atoms with Crippen molar-refractivity contribution in [2.24, 2.45) is 0 Å². The summed E-state index contributed by atoms with van der Waals surface area (Å²) in [5.41, 5.74) is 4.22. The molecule has 3 heterocycles. The molecule has 0 amide bonds. The van der Waals surface area contributed by atoms with Crippen LogP contribution in [0.5, 0.6) is 0 Å². The van der Waals surface area contributed by atoms with Gasteiger partial charge in [-0.2, -0.15) is 11.8 Å². The van der Waals surface area contributed by atoms with Gasteiger partial charge in [0.25, 0.3) is 0 Å². The fourth-order valence-corrected chi connectivity index (χ4v) is 5.75. The van der Waals surface area contributed by atoms with Gasteiger partial charge in [0.05, 0.1) is 15.9 Å². The predicted octanol–water partition coefficient (Wildman–Crippen LogP) is 4.19. The number of aromatic amines is 2. The molecule has 0 saturated carbocycles. The van der Waals surface area contributed by atoms with Crippen molar-refractivity contribution in [3.63, 3.8) is 0 Å². The summed E-state index contributed by atoms with van der Waals surface area (Å²) in [6.07, 6.45) is 1.19. The Labute approximate surface area is 138 Å². The van der Waals surface area contributed by atoms with Crippen LogP contribution in [0, 0.1) is 0 Å². The van der Waals surface area contributed by atoms with E-state index in [1.54, 1.807) is 0 Å². The second kappa shape index (κ2) is 5.34. The topological polar surface area (TPSA) is 48.6 Å². The third kappa shape index (κ3) is 2.49. The summed E-state index contributed by atoms with van der Waals surface area (Å²) < 4.78 is 0. The Bertz CT molecular complexity index is 841. The number of aryl methyl sites for hydroxylation is 1. The molecule has 0 spiro atoms. The zero-order chi connectivity index (χ0) is 14.4. The van der Waals surface area contributed by atoms with E-state index in [-0.39, 0.29) is 10.5 Å². The number of H-pyrrole nitrogens is 2. The Balaban J connectivity index is 1.73. The molecule has 1 aromatic carbocycles. The zero-order valence-corrected chi connectivity index (χ0v) is 14.3. The SMILES string of the molecule is O=c1[nH]c2ccc(C(Br)c3cc4c(s3)CCSC4)cc2[nH]1. The van der Waals surface area contributed by atoms with Crippen molar-refractivity contribution in [3.05, 3.63) is 55.6 Å². The summed E-state index contributed by atoms with van der Waals surface area (Å²) in [5.74, 6) is 2.37. The number of thiophene rings is 1. The monoisotopic (exact) mass is 380 g/mol. The molecule has 1 aliphatic rings. The first-order valence-electron chi connectivity index (χ1n) is 6.76. The molecule has 4 rings (SSSR count). The van der Waals surface area contributed by atoms with Crippen LogP contribution in [0.1, 0.15) is 25.7 Å². The molecule has 0 radical (unpaired) electrons. The van der Waals surface area contributed by atoms with Crippen molar-refractivity contribution < 1.29 is 0 Å². The van der Waals surface area contributed by atoms with E-state index in [9.17, 15) is 4.79 Å². The summed E-state index contributed by atoms with van der Waals surface area (Å²) in [4.78, 5) is 20.0. The van der Waals surface area contributed by atoms with Crippen LogP contribution in [0.25, 0.3) is 11.0 Å². The maximum absolute atomic E-state index is 11.3. The summed E-state index contributed by atoms with van der Waals surface area (Å²) in [6.45, 7) is 0. The number of rotatable bonds is 2. The molecule has 0 saturated heterocycles. The Morgan fingerprint density at radius 3 is 2.90 bits per heavy atom. The molecule has 2 N–H and O–H groups in total. The average Bonchev–Trinajstić information content (AvgIpc) is 3.07. The van der Waals surface area contributed by atoms with Crippen LogP contribution in [-0.4, -0.2) is 15.7 Å². The van der Waals surface area contributed by atoms with Gasteiger partial charge in [0, 0.05) is 15.5 Å². The molecule has 3 nitrogen and oxygen atoms in total. The van der Waals surface area contributed by atoms with E-state index >= 15 is 0 Å². The van der Waals surface area contributed by atoms with Gasteiger partial charge in [0.2, 0.25) is 0 Å². The van der Waals surface area contributed by atoms with Crippen molar-refractivity contribution in [2.45, 2.75) is 17.0 Å². The van der Waals surface area contributed by atoms with Crippen LogP contribution >= 0.6 is 39.0 Å². The maximum atomic E-state index is 11.3. The number of thioether (sulfide) groups is 1. The quantitative estimate of drug-likeness (QED) is 0.654. The molecule has 0 aliphatic carbocycles. The lowest BCUT2D eigenvalue weighted by molar-refractivity contribution is 1.13. The van der Waals surface area contributed by atoms with Crippen LogP contribution < -0.4 is 5.69 Å². The number of imidazole rings is 1. The van der Waals surface area contributed by atoms with E-state index in [2.05, 4.69) is 38.0 Å². The molecule has 108 valence electrons. The number of nitrogens with one attached hydrogen (secondary N) is 2.